The van der Waals surface area contributed by atoms with Gasteiger partial charge < -0.3 is 20.8 Å². The van der Waals surface area contributed by atoms with Gasteiger partial charge in [0.2, 0.25) is 5.91 Å². The lowest BCUT2D eigenvalue weighted by atomic mass is 9.89. The summed E-state index contributed by atoms with van der Waals surface area (Å²) >= 11 is 0. The van der Waals surface area contributed by atoms with Crippen LogP contribution in [0.1, 0.15) is 65.9 Å². The molecule has 1 heterocycles. The standard InChI is InChI=1S/C26H41N5O2/c1-6-24(17-20(2)21(3)18-27)31-25(32)26(4,5)30-12-8-16-33-15-7-9-23(19-28)22-10-13-29-14-11-22/h9-11,13-14,19-21,24,28,30H,6-8,12,15-17H2,1-5H3,(H,31,32)/b23-9+,28-19?. The first kappa shape index (κ1) is 28.5. The molecule has 0 spiro atoms. The minimum atomic E-state index is -0.677. The van der Waals surface area contributed by atoms with Gasteiger partial charge in [0, 0.05) is 37.2 Å². The molecule has 1 aromatic heterocycles. The number of allylic oxidation sites excluding steroid dienone is 1. The van der Waals surface area contributed by atoms with Crippen molar-refractivity contribution in [2.45, 2.75) is 71.9 Å². The molecule has 0 aliphatic carbocycles. The van der Waals surface area contributed by atoms with Gasteiger partial charge in [-0.1, -0.05) is 19.9 Å². The van der Waals surface area contributed by atoms with Crippen molar-refractivity contribution in [3.63, 3.8) is 0 Å². The lowest BCUT2D eigenvalue weighted by molar-refractivity contribution is -0.127. The zero-order valence-electron chi connectivity index (χ0n) is 20.9. The zero-order chi connectivity index (χ0) is 24.7. The molecule has 1 aromatic rings. The van der Waals surface area contributed by atoms with Crippen LogP contribution in [0.25, 0.3) is 5.57 Å². The maximum Gasteiger partial charge on any atom is 0.239 e. The van der Waals surface area contributed by atoms with E-state index in [0.29, 0.717) is 19.8 Å². The third-order valence-corrected chi connectivity index (χ3v) is 5.94. The maximum absolute atomic E-state index is 12.8. The minimum absolute atomic E-state index is 0.0208. The van der Waals surface area contributed by atoms with E-state index in [4.69, 9.17) is 15.4 Å². The van der Waals surface area contributed by atoms with Crippen molar-refractivity contribution in [2.75, 3.05) is 19.8 Å². The molecule has 33 heavy (non-hydrogen) atoms. The van der Waals surface area contributed by atoms with Gasteiger partial charge in [0.05, 0.1) is 18.2 Å². The van der Waals surface area contributed by atoms with Crippen LogP contribution in [0, 0.1) is 28.6 Å². The molecule has 0 aliphatic heterocycles. The molecular weight excluding hydrogens is 414 g/mol. The fourth-order valence-corrected chi connectivity index (χ4v) is 3.33. The molecule has 3 N–H and O–H groups in total. The summed E-state index contributed by atoms with van der Waals surface area (Å²) in [5.41, 5.74) is 1.16. The van der Waals surface area contributed by atoms with Gasteiger partial charge in [-0.05, 0) is 82.2 Å². The molecule has 0 bridgehead atoms. The number of aromatic nitrogens is 1. The number of ether oxygens (including phenoxy) is 1. The predicted molar refractivity (Wildman–Crippen MR) is 134 cm³/mol. The van der Waals surface area contributed by atoms with Gasteiger partial charge in [-0.25, -0.2) is 0 Å². The quantitative estimate of drug-likeness (QED) is 0.253. The highest BCUT2D eigenvalue weighted by Gasteiger charge is 2.29. The van der Waals surface area contributed by atoms with Crippen molar-refractivity contribution in [2.24, 2.45) is 11.8 Å². The Labute approximate surface area is 199 Å². The highest BCUT2D eigenvalue weighted by Crippen LogP contribution is 2.18. The molecule has 3 unspecified atom stereocenters. The van der Waals surface area contributed by atoms with E-state index in [-0.39, 0.29) is 23.8 Å². The van der Waals surface area contributed by atoms with Crippen LogP contribution in [-0.2, 0) is 9.53 Å². The molecule has 7 heteroatoms. The summed E-state index contributed by atoms with van der Waals surface area (Å²) in [6.07, 6.45) is 9.96. The summed E-state index contributed by atoms with van der Waals surface area (Å²) in [4.78, 5) is 16.8. The number of rotatable bonds is 16. The number of carbonyl (C=O) groups is 1. The average molecular weight is 456 g/mol. The van der Waals surface area contributed by atoms with Crippen molar-refractivity contribution in [3.8, 4) is 6.07 Å². The Morgan fingerprint density at radius 2 is 2.00 bits per heavy atom. The SMILES string of the molecule is CCC(CC(C)C(C)C#N)NC(=O)C(C)(C)NCCCOCC/C=C(\C=N)c1ccncc1. The van der Waals surface area contributed by atoms with Gasteiger partial charge in [0.15, 0.2) is 0 Å². The second-order valence-electron chi connectivity index (χ2n) is 9.06. The smallest absolute Gasteiger partial charge is 0.239 e. The monoisotopic (exact) mass is 455 g/mol. The third kappa shape index (κ3) is 10.7. The number of amides is 1. The topological polar surface area (TPSA) is 111 Å². The molecule has 0 saturated heterocycles. The summed E-state index contributed by atoms with van der Waals surface area (Å²) in [5.74, 6) is 0.195. The Morgan fingerprint density at radius 3 is 2.61 bits per heavy atom. The number of pyridine rings is 1. The Morgan fingerprint density at radius 1 is 1.30 bits per heavy atom. The molecule has 0 radical (unpaired) electrons. The molecule has 0 fully saturated rings. The van der Waals surface area contributed by atoms with E-state index in [1.807, 2.05) is 39.0 Å². The third-order valence-electron chi connectivity index (χ3n) is 5.94. The first-order valence-corrected chi connectivity index (χ1v) is 11.9. The Hall–Kier alpha value is -2.56. The highest BCUT2D eigenvalue weighted by atomic mass is 16.5. The Balaban J connectivity index is 2.30. The number of hydrogen-bond acceptors (Lipinski definition) is 6. The van der Waals surface area contributed by atoms with Crippen LogP contribution in [0.4, 0.5) is 0 Å². The summed E-state index contributed by atoms with van der Waals surface area (Å²) < 4.78 is 5.70. The second-order valence-corrected chi connectivity index (χ2v) is 9.06. The summed E-state index contributed by atoms with van der Waals surface area (Å²) in [5, 5.41) is 23.1. The van der Waals surface area contributed by atoms with Crippen LogP contribution >= 0.6 is 0 Å². The van der Waals surface area contributed by atoms with E-state index in [0.717, 1.165) is 36.8 Å². The van der Waals surface area contributed by atoms with Crippen LogP contribution in [0.15, 0.2) is 30.6 Å². The van der Waals surface area contributed by atoms with Crippen LogP contribution in [0.5, 0.6) is 0 Å². The van der Waals surface area contributed by atoms with Crippen molar-refractivity contribution < 1.29 is 9.53 Å². The second kappa shape index (κ2) is 15.3. The summed E-state index contributed by atoms with van der Waals surface area (Å²) in [6.45, 7) is 11.7. The van der Waals surface area contributed by atoms with Crippen molar-refractivity contribution in [3.05, 3.63) is 36.2 Å². The van der Waals surface area contributed by atoms with Gasteiger partial charge >= 0.3 is 0 Å². The zero-order valence-corrected chi connectivity index (χ0v) is 20.9. The molecule has 1 rings (SSSR count). The fraction of sp³-hybridized carbons (Fsp3) is 0.615. The van der Waals surface area contributed by atoms with Gasteiger partial charge in [0.25, 0.3) is 0 Å². The largest absolute Gasteiger partial charge is 0.381 e. The molecular formula is C26H41N5O2. The molecule has 0 aliphatic rings. The van der Waals surface area contributed by atoms with Crippen molar-refractivity contribution >= 4 is 17.7 Å². The van der Waals surface area contributed by atoms with Gasteiger partial charge in [0.1, 0.15) is 0 Å². The molecule has 7 nitrogen and oxygen atoms in total. The van der Waals surface area contributed by atoms with E-state index >= 15 is 0 Å². The molecule has 0 saturated carbocycles. The number of nitriles is 1. The Kier molecular flexibility index (Phi) is 13.2. The number of nitrogens with one attached hydrogen (secondary N) is 3. The number of hydrogen-bond donors (Lipinski definition) is 3. The van der Waals surface area contributed by atoms with Crippen LogP contribution in [-0.4, -0.2) is 48.4 Å². The highest BCUT2D eigenvalue weighted by molar-refractivity contribution is 6.08. The van der Waals surface area contributed by atoms with E-state index in [2.05, 4.69) is 35.5 Å². The van der Waals surface area contributed by atoms with Crippen molar-refractivity contribution in [1.29, 1.82) is 10.7 Å². The maximum atomic E-state index is 12.8. The lowest BCUT2D eigenvalue weighted by Crippen LogP contribution is -2.55. The van der Waals surface area contributed by atoms with Gasteiger partial charge in [-0.15, -0.1) is 0 Å². The lowest BCUT2D eigenvalue weighted by Gasteiger charge is -2.29. The molecule has 182 valence electrons. The van der Waals surface area contributed by atoms with E-state index < -0.39 is 5.54 Å². The predicted octanol–water partition coefficient (Wildman–Crippen LogP) is 4.36. The van der Waals surface area contributed by atoms with Gasteiger partial charge in [-0.3, -0.25) is 9.78 Å². The average Bonchev–Trinajstić information content (AvgIpc) is 2.82. The number of carbonyl (C=O) groups excluding carboxylic acids is 1. The molecule has 0 aromatic carbocycles. The van der Waals surface area contributed by atoms with E-state index in [9.17, 15) is 4.79 Å². The number of nitrogens with zero attached hydrogens (tertiary/aromatic N) is 2. The van der Waals surface area contributed by atoms with Crippen LogP contribution in [0.3, 0.4) is 0 Å². The summed E-state index contributed by atoms with van der Waals surface area (Å²) in [6, 6.07) is 6.13. The normalized spacial score (nSPS) is 14.7. The summed E-state index contributed by atoms with van der Waals surface area (Å²) in [7, 11) is 0. The first-order chi connectivity index (χ1) is 15.7. The van der Waals surface area contributed by atoms with Crippen LogP contribution in [0.2, 0.25) is 0 Å². The fourth-order valence-electron chi connectivity index (χ4n) is 3.33. The van der Waals surface area contributed by atoms with E-state index in [1.54, 1.807) is 12.4 Å². The van der Waals surface area contributed by atoms with Gasteiger partial charge in [-0.2, -0.15) is 5.26 Å². The van der Waals surface area contributed by atoms with Crippen LogP contribution < -0.4 is 10.6 Å². The minimum Gasteiger partial charge on any atom is -0.381 e. The first-order valence-electron chi connectivity index (χ1n) is 11.9. The Bertz CT molecular complexity index is 786. The molecule has 1 amide bonds. The molecule has 3 atom stereocenters. The van der Waals surface area contributed by atoms with E-state index in [1.165, 1.54) is 6.21 Å². The van der Waals surface area contributed by atoms with Crippen molar-refractivity contribution in [1.82, 2.24) is 15.6 Å².